The first-order valence-corrected chi connectivity index (χ1v) is 9.32. The van der Waals surface area contributed by atoms with Crippen LogP contribution in [0.5, 0.6) is 5.75 Å². The summed E-state index contributed by atoms with van der Waals surface area (Å²) in [6.07, 6.45) is 2.13. The summed E-state index contributed by atoms with van der Waals surface area (Å²) in [5, 5.41) is 13.4. The standard InChI is InChI=1S/C19H21N3O3S/c1-4-5-10-25-14-8-6-13(7-9-14)22-17-15-11(2)16(19(23)24)26-18(15)21-12(3)20-17/h6-9H,4-5,10H2,1-3H3,(H,23,24)(H,20,21,22). The molecule has 2 heterocycles. The Balaban J connectivity index is 1.89. The first kappa shape index (κ1) is 18.1. The Hall–Kier alpha value is -2.67. The fourth-order valence-electron chi connectivity index (χ4n) is 2.65. The molecular weight excluding hydrogens is 350 g/mol. The summed E-state index contributed by atoms with van der Waals surface area (Å²) in [5.41, 5.74) is 1.54. The third kappa shape index (κ3) is 3.77. The summed E-state index contributed by atoms with van der Waals surface area (Å²) in [7, 11) is 0. The predicted octanol–water partition coefficient (Wildman–Crippen LogP) is 4.93. The van der Waals surface area contributed by atoms with Gasteiger partial charge in [-0.1, -0.05) is 13.3 Å². The molecule has 0 aliphatic carbocycles. The molecule has 0 radical (unpaired) electrons. The molecule has 0 aliphatic heterocycles. The van der Waals surface area contributed by atoms with E-state index in [2.05, 4.69) is 22.2 Å². The average molecular weight is 371 g/mol. The number of carbonyl (C=O) groups is 1. The van der Waals surface area contributed by atoms with Crippen molar-refractivity contribution in [2.45, 2.75) is 33.6 Å². The van der Waals surface area contributed by atoms with E-state index in [1.165, 1.54) is 11.3 Å². The van der Waals surface area contributed by atoms with Crippen LogP contribution in [0.3, 0.4) is 0 Å². The molecule has 3 rings (SSSR count). The van der Waals surface area contributed by atoms with Crippen LogP contribution in [0.25, 0.3) is 10.2 Å². The molecule has 2 aromatic heterocycles. The number of nitrogens with zero attached hydrogens (tertiary/aromatic N) is 2. The number of hydrogen-bond acceptors (Lipinski definition) is 6. The number of rotatable bonds is 7. The maximum atomic E-state index is 11.4. The minimum atomic E-state index is -0.942. The van der Waals surface area contributed by atoms with Crippen LogP contribution in [-0.4, -0.2) is 27.7 Å². The summed E-state index contributed by atoms with van der Waals surface area (Å²) in [5.74, 6) is 1.10. The third-order valence-electron chi connectivity index (χ3n) is 3.98. The van der Waals surface area contributed by atoms with Gasteiger partial charge in [-0.15, -0.1) is 11.3 Å². The minimum Gasteiger partial charge on any atom is -0.494 e. The van der Waals surface area contributed by atoms with Crippen LogP contribution in [0.1, 0.15) is 40.8 Å². The Morgan fingerprint density at radius 3 is 2.62 bits per heavy atom. The quantitative estimate of drug-likeness (QED) is 0.573. The normalized spacial score (nSPS) is 10.9. The van der Waals surface area contributed by atoms with Gasteiger partial charge in [0, 0.05) is 5.69 Å². The van der Waals surface area contributed by atoms with Crippen molar-refractivity contribution in [2.75, 3.05) is 11.9 Å². The Kier molecular flexibility index (Phi) is 5.37. The van der Waals surface area contributed by atoms with Gasteiger partial charge >= 0.3 is 5.97 Å². The van der Waals surface area contributed by atoms with E-state index in [4.69, 9.17) is 4.74 Å². The largest absolute Gasteiger partial charge is 0.494 e. The van der Waals surface area contributed by atoms with Gasteiger partial charge in [0.2, 0.25) is 0 Å². The molecule has 0 bridgehead atoms. The number of ether oxygens (including phenoxy) is 1. The Bertz CT molecular complexity index is 935. The van der Waals surface area contributed by atoms with Crippen molar-refractivity contribution in [3.05, 3.63) is 40.5 Å². The molecule has 0 unspecified atom stereocenters. The van der Waals surface area contributed by atoms with Crippen molar-refractivity contribution in [3.63, 3.8) is 0 Å². The van der Waals surface area contributed by atoms with Crippen LogP contribution in [0.2, 0.25) is 0 Å². The molecule has 136 valence electrons. The SMILES string of the molecule is CCCCOc1ccc(Nc2nc(C)nc3sc(C(=O)O)c(C)c23)cc1. The zero-order chi connectivity index (χ0) is 18.7. The fourth-order valence-corrected chi connectivity index (χ4v) is 3.71. The van der Waals surface area contributed by atoms with Crippen molar-refractivity contribution in [1.29, 1.82) is 0 Å². The highest BCUT2D eigenvalue weighted by Gasteiger charge is 2.19. The monoisotopic (exact) mass is 371 g/mol. The molecule has 3 aromatic rings. The molecule has 0 saturated heterocycles. The van der Waals surface area contributed by atoms with E-state index in [9.17, 15) is 9.90 Å². The molecule has 0 atom stereocenters. The third-order valence-corrected chi connectivity index (χ3v) is 5.15. The highest BCUT2D eigenvalue weighted by molar-refractivity contribution is 7.20. The van der Waals surface area contributed by atoms with Crippen molar-refractivity contribution in [2.24, 2.45) is 0 Å². The molecule has 0 saturated carbocycles. The first-order valence-electron chi connectivity index (χ1n) is 8.50. The molecule has 0 aliphatic rings. The van der Waals surface area contributed by atoms with Gasteiger partial charge in [-0.05, 0) is 50.1 Å². The van der Waals surface area contributed by atoms with Gasteiger partial charge in [-0.2, -0.15) is 0 Å². The smallest absolute Gasteiger partial charge is 0.346 e. The second-order valence-electron chi connectivity index (χ2n) is 6.01. The van der Waals surface area contributed by atoms with Crippen molar-refractivity contribution in [1.82, 2.24) is 9.97 Å². The number of unbranched alkanes of at least 4 members (excludes halogenated alkanes) is 1. The van der Waals surface area contributed by atoms with Gasteiger partial charge in [-0.3, -0.25) is 0 Å². The minimum absolute atomic E-state index is 0.294. The number of carboxylic acids is 1. The van der Waals surface area contributed by atoms with Crippen molar-refractivity contribution >= 4 is 39.0 Å². The lowest BCUT2D eigenvalue weighted by Crippen LogP contribution is -2.00. The first-order chi connectivity index (χ1) is 12.5. The molecule has 0 amide bonds. The van der Waals surface area contributed by atoms with Crippen LogP contribution in [-0.2, 0) is 0 Å². The summed E-state index contributed by atoms with van der Waals surface area (Å²) < 4.78 is 5.67. The fraction of sp³-hybridized carbons (Fsp3) is 0.316. The van der Waals surface area contributed by atoms with Gasteiger partial charge < -0.3 is 15.2 Å². The number of aromatic nitrogens is 2. The van der Waals surface area contributed by atoms with Crippen LogP contribution in [0.4, 0.5) is 11.5 Å². The van der Waals surface area contributed by atoms with E-state index in [1.807, 2.05) is 24.3 Å². The zero-order valence-electron chi connectivity index (χ0n) is 15.0. The Morgan fingerprint density at radius 2 is 1.96 bits per heavy atom. The van der Waals surface area contributed by atoms with Crippen molar-refractivity contribution in [3.8, 4) is 5.75 Å². The summed E-state index contributed by atoms with van der Waals surface area (Å²) in [6.45, 7) is 6.42. The summed E-state index contributed by atoms with van der Waals surface area (Å²) >= 11 is 1.17. The number of thiophene rings is 1. The van der Waals surface area contributed by atoms with Crippen LogP contribution in [0.15, 0.2) is 24.3 Å². The van der Waals surface area contributed by atoms with E-state index in [-0.39, 0.29) is 0 Å². The number of aromatic carboxylic acids is 1. The van der Waals surface area contributed by atoms with E-state index in [0.717, 1.165) is 29.7 Å². The van der Waals surface area contributed by atoms with Crippen LogP contribution in [0, 0.1) is 13.8 Å². The van der Waals surface area contributed by atoms with E-state index < -0.39 is 5.97 Å². The Labute approximate surface area is 155 Å². The van der Waals surface area contributed by atoms with Crippen LogP contribution < -0.4 is 10.1 Å². The van der Waals surface area contributed by atoms with Gasteiger partial charge in [0.1, 0.15) is 27.1 Å². The number of benzene rings is 1. The van der Waals surface area contributed by atoms with Crippen molar-refractivity contribution < 1.29 is 14.6 Å². The highest BCUT2D eigenvalue weighted by atomic mass is 32.1. The van der Waals surface area contributed by atoms with Gasteiger partial charge in [0.15, 0.2) is 0 Å². The lowest BCUT2D eigenvalue weighted by Gasteiger charge is -2.10. The number of aryl methyl sites for hydroxylation is 2. The lowest BCUT2D eigenvalue weighted by molar-refractivity contribution is 0.0701. The number of fused-ring (bicyclic) bond motifs is 1. The van der Waals surface area contributed by atoms with Gasteiger partial charge in [0.25, 0.3) is 0 Å². The molecule has 26 heavy (non-hydrogen) atoms. The maximum absolute atomic E-state index is 11.4. The summed E-state index contributed by atoms with van der Waals surface area (Å²) in [4.78, 5) is 21.2. The molecule has 1 aromatic carbocycles. The molecule has 6 nitrogen and oxygen atoms in total. The van der Waals surface area contributed by atoms with E-state index in [0.29, 0.717) is 33.5 Å². The second kappa shape index (κ2) is 7.70. The van der Waals surface area contributed by atoms with E-state index in [1.54, 1.807) is 13.8 Å². The number of nitrogens with one attached hydrogen (secondary N) is 1. The van der Waals surface area contributed by atoms with Gasteiger partial charge in [-0.25, -0.2) is 14.8 Å². The molecule has 0 fully saturated rings. The van der Waals surface area contributed by atoms with E-state index >= 15 is 0 Å². The molecule has 0 spiro atoms. The predicted molar refractivity (Wildman–Crippen MR) is 104 cm³/mol. The number of carboxylic acid groups (broad SMARTS) is 1. The average Bonchev–Trinajstić information content (AvgIpc) is 2.93. The van der Waals surface area contributed by atoms with Gasteiger partial charge in [0.05, 0.1) is 12.0 Å². The molecular formula is C19H21N3O3S. The Morgan fingerprint density at radius 1 is 1.23 bits per heavy atom. The molecule has 2 N–H and O–H groups in total. The maximum Gasteiger partial charge on any atom is 0.346 e. The zero-order valence-corrected chi connectivity index (χ0v) is 15.8. The lowest BCUT2D eigenvalue weighted by atomic mass is 10.2. The molecule has 7 heteroatoms. The highest BCUT2D eigenvalue weighted by Crippen LogP contribution is 2.35. The van der Waals surface area contributed by atoms with Crippen LogP contribution >= 0.6 is 11.3 Å². The number of hydrogen-bond donors (Lipinski definition) is 2. The second-order valence-corrected chi connectivity index (χ2v) is 7.01. The summed E-state index contributed by atoms with van der Waals surface area (Å²) in [6, 6.07) is 7.66. The number of anilines is 2. The topological polar surface area (TPSA) is 84.3 Å².